The number of nitro benzene ring substituents is 1. The largest absolute Gasteiger partial charge is 0.271 e. The van der Waals surface area contributed by atoms with Crippen LogP contribution in [0.1, 0.15) is 28.4 Å². The van der Waals surface area contributed by atoms with Gasteiger partial charge in [0.2, 0.25) is 0 Å². The van der Waals surface area contributed by atoms with Gasteiger partial charge in [0.1, 0.15) is 0 Å². The third-order valence-corrected chi connectivity index (χ3v) is 3.10. The second-order valence-electron chi connectivity index (χ2n) is 4.81. The molecular weight excluding hydrogens is 282 g/mol. The highest BCUT2D eigenvalue weighted by molar-refractivity contribution is 6.01. The second-order valence-corrected chi connectivity index (χ2v) is 4.81. The first kappa shape index (κ1) is 15.4. The molecule has 0 atom stereocenters. The van der Waals surface area contributed by atoms with Gasteiger partial charge in [0.15, 0.2) is 0 Å². The van der Waals surface area contributed by atoms with Crippen molar-refractivity contribution in [1.82, 2.24) is 5.43 Å². The molecule has 2 aromatic rings. The van der Waals surface area contributed by atoms with E-state index in [-0.39, 0.29) is 11.6 Å². The summed E-state index contributed by atoms with van der Waals surface area (Å²) in [6.45, 7) is 3.62. The molecule has 2 aromatic carbocycles. The second kappa shape index (κ2) is 6.62. The summed E-state index contributed by atoms with van der Waals surface area (Å²) in [5.41, 5.74) is 5.28. The summed E-state index contributed by atoms with van der Waals surface area (Å²) in [6, 6.07) is 13.2. The van der Waals surface area contributed by atoms with Crippen molar-refractivity contribution in [3.8, 4) is 0 Å². The molecule has 0 aliphatic heterocycles. The molecule has 0 bridgehead atoms. The van der Waals surface area contributed by atoms with Crippen LogP contribution in [-0.4, -0.2) is 16.5 Å². The molecule has 0 unspecified atom stereocenters. The average Bonchev–Trinajstić information content (AvgIpc) is 2.52. The number of nitrogens with one attached hydrogen (secondary N) is 1. The van der Waals surface area contributed by atoms with E-state index in [9.17, 15) is 14.9 Å². The van der Waals surface area contributed by atoms with Crippen LogP contribution >= 0.6 is 0 Å². The molecule has 1 N–H and O–H groups in total. The number of hydrogen-bond acceptors (Lipinski definition) is 4. The van der Waals surface area contributed by atoms with Crippen molar-refractivity contribution in [1.29, 1.82) is 0 Å². The summed E-state index contributed by atoms with van der Waals surface area (Å²) in [6.07, 6.45) is 0. The van der Waals surface area contributed by atoms with Gasteiger partial charge in [-0.1, -0.05) is 17.7 Å². The number of aryl methyl sites for hydroxylation is 1. The molecule has 1 amide bonds. The van der Waals surface area contributed by atoms with Gasteiger partial charge in [0.05, 0.1) is 10.6 Å². The molecule has 0 aromatic heterocycles. The SMILES string of the molecule is C/C(=N\NC(=O)c1cccc(C)c1)c1ccc([N+](=O)[O-])cc1. The zero-order valence-corrected chi connectivity index (χ0v) is 12.2. The van der Waals surface area contributed by atoms with E-state index in [2.05, 4.69) is 10.5 Å². The number of nitrogens with zero attached hydrogens (tertiary/aromatic N) is 2. The van der Waals surface area contributed by atoms with Crippen LogP contribution in [0.5, 0.6) is 0 Å². The molecule has 0 aliphatic rings. The molecule has 0 saturated carbocycles. The van der Waals surface area contributed by atoms with Gasteiger partial charge < -0.3 is 0 Å². The van der Waals surface area contributed by atoms with Crippen LogP contribution in [0.4, 0.5) is 5.69 Å². The summed E-state index contributed by atoms with van der Waals surface area (Å²) in [5, 5.41) is 14.6. The van der Waals surface area contributed by atoms with Gasteiger partial charge in [0.25, 0.3) is 11.6 Å². The van der Waals surface area contributed by atoms with Gasteiger partial charge in [-0.3, -0.25) is 14.9 Å². The Morgan fingerprint density at radius 2 is 1.82 bits per heavy atom. The Balaban J connectivity index is 2.09. The summed E-state index contributed by atoms with van der Waals surface area (Å²) in [4.78, 5) is 22.1. The van der Waals surface area contributed by atoms with E-state index in [0.717, 1.165) is 5.56 Å². The maximum atomic E-state index is 12.0. The molecule has 0 heterocycles. The zero-order valence-electron chi connectivity index (χ0n) is 12.2. The van der Waals surface area contributed by atoms with Gasteiger partial charge in [-0.05, 0) is 43.7 Å². The third kappa shape index (κ3) is 3.76. The summed E-state index contributed by atoms with van der Waals surface area (Å²) < 4.78 is 0. The first-order chi connectivity index (χ1) is 10.5. The lowest BCUT2D eigenvalue weighted by Crippen LogP contribution is -2.19. The van der Waals surface area contributed by atoms with Gasteiger partial charge in [-0.2, -0.15) is 5.10 Å². The average molecular weight is 297 g/mol. The number of carbonyl (C=O) groups excluding carboxylic acids is 1. The van der Waals surface area contributed by atoms with E-state index >= 15 is 0 Å². The molecule has 112 valence electrons. The molecule has 0 radical (unpaired) electrons. The Bertz CT molecular complexity index is 737. The number of carbonyl (C=O) groups is 1. The van der Waals surface area contributed by atoms with Crippen LogP contribution in [0.15, 0.2) is 53.6 Å². The Kier molecular flexibility index (Phi) is 4.63. The lowest BCUT2D eigenvalue weighted by Gasteiger charge is -2.04. The fourth-order valence-corrected chi connectivity index (χ4v) is 1.87. The van der Waals surface area contributed by atoms with E-state index in [1.165, 1.54) is 12.1 Å². The molecule has 0 saturated heterocycles. The van der Waals surface area contributed by atoms with E-state index < -0.39 is 4.92 Å². The van der Waals surface area contributed by atoms with Gasteiger partial charge in [-0.25, -0.2) is 5.43 Å². The van der Waals surface area contributed by atoms with Gasteiger partial charge >= 0.3 is 0 Å². The van der Waals surface area contributed by atoms with Crippen molar-refractivity contribution < 1.29 is 9.72 Å². The first-order valence-corrected chi connectivity index (χ1v) is 6.63. The molecule has 6 heteroatoms. The smallest absolute Gasteiger partial charge is 0.267 e. The third-order valence-electron chi connectivity index (χ3n) is 3.10. The van der Waals surface area contributed by atoms with E-state index in [4.69, 9.17) is 0 Å². The van der Waals surface area contributed by atoms with Crippen LogP contribution in [-0.2, 0) is 0 Å². The number of rotatable bonds is 4. The number of hydrogen-bond donors (Lipinski definition) is 1. The number of amides is 1. The molecule has 6 nitrogen and oxygen atoms in total. The predicted octanol–water partition coefficient (Wildman–Crippen LogP) is 3.06. The molecular formula is C16H15N3O3. The Hall–Kier alpha value is -3.02. The highest BCUT2D eigenvalue weighted by Crippen LogP contribution is 2.12. The van der Waals surface area contributed by atoms with Crippen molar-refractivity contribution in [3.63, 3.8) is 0 Å². The minimum absolute atomic E-state index is 0.0142. The Morgan fingerprint density at radius 1 is 1.14 bits per heavy atom. The number of non-ortho nitro benzene ring substituents is 1. The number of nitro groups is 1. The van der Waals surface area contributed by atoms with Crippen molar-refractivity contribution in [2.24, 2.45) is 5.10 Å². The minimum atomic E-state index is -0.463. The number of benzene rings is 2. The minimum Gasteiger partial charge on any atom is -0.267 e. The van der Waals surface area contributed by atoms with Crippen LogP contribution < -0.4 is 5.43 Å². The summed E-state index contributed by atoms with van der Waals surface area (Å²) >= 11 is 0. The van der Waals surface area contributed by atoms with Crippen LogP contribution in [0, 0.1) is 17.0 Å². The highest BCUT2D eigenvalue weighted by atomic mass is 16.6. The monoisotopic (exact) mass is 297 g/mol. The van der Waals surface area contributed by atoms with Crippen LogP contribution in [0.2, 0.25) is 0 Å². The van der Waals surface area contributed by atoms with Gasteiger partial charge in [0, 0.05) is 17.7 Å². The molecule has 22 heavy (non-hydrogen) atoms. The van der Waals surface area contributed by atoms with E-state index in [1.807, 2.05) is 13.0 Å². The Morgan fingerprint density at radius 3 is 2.41 bits per heavy atom. The van der Waals surface area contributed by atoms with Crippen LogP contribution in [0.25, 0.3) is 0 Å². The maximum Gasteiger partial charge on any atom is 0.271 e. The van der Waals surface area contributed by atoms with Gasteiger partial charge in [-0.15, -0.1) is 0 Å². The van der Waals surface area contributed by atoms with Crippen molar-refractivity contribution in [3.05, 3.63) is 75.3 Å². The molecule has 0 spiro atoms. The fraction of sp³-hybridized carbons (Fsp3) is 0.125. The quantitative estimate of drug-likeness (QED) is 0.534. The van der Waals surface area contributed by atoms with E-state index in [1.54, 1.807) is 37.3 Å². The van der Waals surface area contributed by atoms with Crippen molar-refractivity contribution in [2.75, 3.05) is 0 Å². The van der Waals surface area contributed by atoms with Crippen molar-refractivity contribution >= 4 is 17.3 Å². The normalized spacial score (nSPS) is 11.1. The molecule has 0 aliphatic carbocycles. The first-order valence-electron chi connectivity index (χ1n) is 6.63. The summed E-state index contributed by atoms with van der Waals surface area (Å²) in [5.74, 6) is -0.301. The highest BCUT2D eigenvalue weighted by Gasteiger charge is 2.07. The Labute approximate surface area is 127 Å². The topological polar surface area (TPSA) is 84.6 Å². The number of hydrazone groups is 1. The van der Waals surface area contributed by atoms with Crippen molar-refractivity contribution in [2.45, 2.75) is 13.8 Å². The fourth-order valence-electron chi connectivity index (χ4n) is 1.87. The molecule has 0 fully saturated rings. The summed E-state index contributed by atoms with van der Waals surface area (Å²) in [7, 11) is 0. The predicted molar refractivity (Wildman–Crippen MR) is 84.0 cm³/mol. The lowest BCUT2D eigenvalue weighted by atomic mass is 10.1. The van der Waals surface area contributed by atoms with E-state index in [0.29, 0.717) is 16.8 Å². The lowest BCUT2D eigenvalue weighted by molar-refractivity contribution is -0.384. The maximum absolute atomic E-state index is 12.0. The van der Waals surface area contributed by atoms with Crippen LogP contribution in [0.3, 0.4) is 0 Å². The zero-order chi connectivity index (χ0) is 16.1. The standard InChI is InChI=1S/C16H15N3O3/c1-11-4-3-5-14(10-11)16(20)18-17-12(2)13-6-8-15(9-7-13)19(21)22/h3-10H,1-2H3,(H,18,20)/b17-12+. The molecule has 2 rings (SSSR count).